The number of nitrogens with one attached hydrogen (secondary N) is 1. The van der Waals surface area contributed by atoms with Crippen molar-refractivity contribution in [2.45, 2.75) is 6.54 Å². The molecule has 11 heteroatoms. The summed E-state index contributed by atoms with van der Waals surface area (Å²) in [5.41, 5.74) is 3.77. The van der Waals surface area contributed by atoms with Crippen molar-refractivity contribution in [3.63, 3.8) is 0 Å². The Balaban J connectivity index is 0.949. The van der Waals surface area contributed by atoms with Gasteiger partial charge in [-0.25, -0.2) is 9.97 Å². The monoisotopic (exact) mass is 641 g/mol. The molecule has 0 spiro atoms. The molecule has 0 saturated carbocycles. The van der Waals surface area contributed by atoms with Gasteiger partial charge in [-0.3, -0.25) is 14.5 Å². The molecule has 1 fully saturated rings. The van der Waals surface area contributed by atoms with E-state index in [1.54, 1.807) is 43.8 Å². The van der Waals surface area contributed by atoms with Gasteiger partial charge in [0, 0.05) is 75.3 Å². The number of rotatable bonds is 9. The van der Waals surface area contributed by atoms with E-state index in [9.17, 15) is 9.59 Å². The molecule has 7 rings (SSSR count). The van der Waals surface area contributed by atoms with Crippen molar-refractivity contribution in [1.29, 1.82) is 0 Å². The highest BCUT2D eigenvalue weighted by molar-refractivity contribution is 6.04. The number of benzene rings is 2. The van der Waals surface area contributed by atoms with Crippen molar-refractivity contribution in [3.8, 4) is 23.2 Å². The topological polar surface area (TPSA) is 107 Å². The number of carbonyl (C=O) groups excluding carboxylic acids is 2. The van der Waals surface area contributed by atoms with Crippen molar-refractivity contribution < 1.29 is 19.1 Å². The van der Waals surface area contributed by atoms with Crippen molar-refractivity contribution in [1.82, 2.24) is 28.9 Å². The first-order valence-corrected chi connectivity index (χ1v) is 15.7. The number of aryl methyl sites for hydroxylation is 1. The molecule has 2 amide bonds. The summed E-state index contributed by atoms with van der Waals surface area (Å²) in [5.74, 6) is 2.29. The molecule has 0 unspecified atom stereocenters. The summed E-state index contributed by atoms with van der Waals surface area (Å²) in [4.78, 5) is 39.3. The fraction of sp³-hybridized carbons (Fsp3) is 0.189. The first-order valence-electron chi connectivity index (χ1n) is 15.7. The molecule has 5 heterocycles. The molecule has 0 atom stereocenters. The Morgan fingerprint density at radius 2 is 1.60 bits per heavy atom. The molecule has 1 aliphatic heterocycles. The Bertz CT molecular complexity index is 2030. The number of amides is 2. The van der Waals surface area contributed by atoms with Crippen LogP contribution in [0.25, 0.3) is 16.7 Å². The summed E-state index contributed by atoms with van der Waals surface area (Å²) in [6, 6.07) is 26.5. The maximum atomic E-state index is 13.6. The van der Waals surface area contributed by atoms with Gasteiger partial charge in [0.2, 0.25) is 5.88 Å². The van der Waals surface area contributed by atoms with Crippen LogP contribution in [-0.4, -0.2) is 74.0 Å². The van der Waals surface area contributed by atoms with E-state index in [0.717, 1.165) is 42.1 Å². The van der Waals surface area contributed by atoms with E-state index in [0.29, 0.717) is 41.7 Å². The van der Waals surface area contributed by atoms with Crippen LogP contribution in [0.15, 0.2) is 110 Å². The van der Waals surface area contributed by atoms with Crippen LogP contribution < -0.4 is 14.8 Å². The first-order chi connectivity index (χ1) is 23.4. The molecule has 11 nitrogen and oxygen atoms in total. The molecule has 2 aromatic carbocycles. The number of anilines is 1. The van der Waals surface area contributed by atoms with E-state index in [-0.39, 0.29) is 11.8 Å². The molecule has 1 N–H and O–H groups in total. The molecular weight excluding hydrogens is 606 g/mol. The highest BCUT2D eigenvalue weighted by Crippen LogP contribution is 2.28. The SMILES string of the molecule is COc1ccc(CN2CCN(C(=O)c3cc4cc(Oc5ccc(NC(=O)c6ccc(-n7cccc7)nc6)cn5)ccc4n3C)CC2)cc1. The Morgan fingerprint density at radius 3 is 2.29 bits per heavy atom. The summed E-state index contributed by atoms with van der Waals surface area (Å²) in [7, 11) is 3.58. The van der Waals surface area contributed by atoms with Gasteiger partial charge in [-0.2, -0.15) is 0 Å². The summed E-state index contributed by atoms with van der Waals surface area (Å²) in [6.45, 7) is 3.81. The van der Waals surface area contributed by atoms with Gasteiger partial charge in [-0.15, -0.1) is 0 Å². The van der Waals surface area contributed by atoms with Crippen LogP contribution in [0.3, 0.4) is 0 Å². The lowest BCUT2D eigenvalue weighted by Crippen LogP contribution is -2.48. The third-order valence-corrected chi connectivity index (χ3v) is 8.55. The van der Waals surface area contributed by atoms with E-state index < -0.39 is 0 Å². The summed E-state index contributed by atoms with van der Waals surface area (Å²) < 4.78 is 15.1. The van der Waals surface area contributed by atoms with Gasteiger partial charge in [0.25, 0.3) is 11.8 Å². The van der Waals surface area contributed by atoms with E-state index in [2.05, 4.69) is 32.3 Å². The summed E-state index contributed by atoms with van der Waals surface area (Å²) >= 11 is 0. The smallest absolute Gasteiger partial charge is 0.270 e. The maximum Gasteiger partial charge on any atom is 0.270 e. The Hall–Kier alpha value is -5.94. The van der Waals surface area contributed by atoms with Crippen LogP contribution in [0, 0.1) is 0 Å². The number of hydrogen-bond donors (Lipinski definition) is 1. The predicted octanol–water partition coefficient (Wildman–Crippen LogP) is 5.77. The number of nitrogens with zero attached hydrogens (tertiary/aromatic N) is 6. The van der Waals surface area contributed by atoms with Crippen LogP contribution in [0.1, 0.15) is 26.4 Å². The van der Waals surface area contributed by atoms with Crippen LogP contribution in [-0.2, 0) is 13.6 Å². The standard InChI is InChI=1S/C37H35N7O4/c1-41-32-12-11-31(48-35-14-8-29(24-39-35)40-36(45)27-7-13-34(38-23-27)43-15-3-4-16-43)21-28(32)22-33(41)37(46)44-19-17-42(18-20-44)25-26-5-9-30(47-2)10-6-26/h3-16,21-24H,17-20,25H2,1-2H3,(H,40,45). The van der Waals surface area contributed by atoms with E-state index in [1.807, 2.05) is 82.0 Å². The minimum absolute atomic E-state index is 0.0205. The molecule has 0 aliphatic carbocycles. The van der Waals surface area contributed by atoms with Crippen molar-refractivity contribution in [2.75, 3.05) is 38.6 Å². The highest BCUT2D eigenvalue weighted by atomic mass is 16.5. The van der Waals surface area contributed by atoms with Gasteiger partial charge >= 0.3 is 0 Å². The average Bonchev–Trinajstić information content (AvgIpc) is 3.78. The van der Waals surface area contributed by atoms with E-state index >= 15 is 0 Å². The van der Waals surface area contributed by atoms with Crippen LogP contribution in [0.4, 0.5) is 5.69 Å². The number of ether oxygens (including phenoxy) is 2. The summed E-state index contributed by atoms with van der Waals surface area (Å²) in [5, 5.41) is 3.74. The van der Waals surface area contributed by atoms with Crippen LogP contribution in [0.5, 0.6) is 17.4 Å². The van der Waals surface area contributed by atoms with Gasteiger partial charge in [0.15, 0.2) is 0 Å². The molecular formula is C37H35N7O4. The zero-order valence-corrected chi connectivity index (χ0v) is 26.7. The predicted molar refractivity (Wildman–Crippen MR) is 183 cm³/mol. The van der Waals surface area contributed by atoms with Crippen molar-refractivity contribution in [3.05, 3.63) is 127 Å². The number of pyridine rings is 2. The van der Waals surface area contributed by atoms with Crippen LogP contribution in [0.2, 0.25) is 0 Å². The lowest BCUT2D eigenvalue weighted by molar-refractivity contribution is 0.0619. The van der Waals surface area contributed by atoms with Gasteiger partial charge < -0.3 is 28.8 Å². The Kier molecular flexibility index (Phi) is 8.59. The average molecular weight is 642 g/mol. The Labute approximate surface area is 278 Å². The second-order valence-corrected chi connectivity index (χ2v) is 11.7. The lowest BCUT2D eigenvalue weighted by atomic mass is 10.2. The normalized spacial score (nSPS) is 13.4. The zero-order valence-electron chi connectivity index (χ0n) is 26.7. The molecule has 1 saturated heterocycles. The van der Waals surface area contributed by atoms with Crippen LogP contribution >= 0.6 is 0 Å². The fourth-order valence-electron chi connectivity index (χ4n) is 5.86. The molecule has 48 heavy (non-hydrogen) atoms. The number of fused-ring (bicyclic) bond motifs is 1. The number of carbonyl (C=O) groups is 2. The minimum Gasteiger partial charge on any atom is -0.497 e. The Morgan fingerprint density at radius 1 is 0.833 bits per heavy atom. The third-order valence-electron chi connectivity index (χ3n) is 8.55. The highest BCUT2D eigenvalue weighted by Gasteiger charge is 2.25. The van der Waals surface area contributed by atoms with Gasteiger partial charge in [0.1, 0.15) is 23.0 Å². The largest absolute Gasteiger partial charge is 0.497 e. The van der Waals surface area contributed by atoms with E-state index in [4.69, 9.17) is 9.47 Å². The molecule has 242 valence electrons. The fourth-order valence-corrected chi connectivity index (χ4v) is 5.86. The zero-order chi connectivity index (χ0) is 33.0. The van der Waals surface area contributed by atoms with Gasteiger partial charge in [-0.1, -0.05) is 12.1 Å². The maximum absolute atomic E-state index is 13.6. The molecule has 1 aliphatic rings. The third kappa shape index (κ3) is 6.62. The van der Waals surface area contributed by atoms with Crippen molar-refractivity contribution in [2.24, 2.45) is 7.05 Å². The van der Waals surface area contributed by atoms with Crippen molar-refractivity contribution >= 4 is 28.4 Å². The number of piperazine rings is 1. The summed E-state index contributed by atoms with van der Waals surface area (Å²) in [6.07, 6.45) is 6.87. The van der Waals surface area contributed by atoms with E-state index in [1.165, 1.54) is 5.56 Å². The van der Waals surface area contributed by atoms with Gasteiger partial charge in [-0.05, 0) is 72.3 Å². The second-order valence-electron chi connectivity index (χ2n) is 11.7. The second kappa shape index (κ2) is 13.4. The number of methoxy groups -OCH3 is 1. The molecule has 0 bridgehead atoms. The molecule has 6 aromatic rings. The molecule has 4 aromatic heterocycles. The lowest BCUT2D eigenvalue weighted by Gasteiger charge is -2.34. The quantitative estimate of drug-likeness (QED) is 0.214. The number of hydrogen-bond acceptors (Lipinski definition) is 7. The number of aromatic nitrogens is 4. The molecule has 0 radical (unpaired) electrons. The first kappa shape index (κ1) is 30.7. The van der Waals surface area contributed by atoms with Gasteiger partial charge in [0.05, 0.1) is 24.6 Å². The minimum atomic E-state index is -0.285.